The summed E-state index contributed by atoms with van der Waals surface area (Å²) in [5, 5.41) is 23.2. The molecular weight excluding hydrogens is 550 g/mol. The van der Waals surface area contributed by atoms with Crippen LogP contribution in [0.15, 0.2) is 71.6 Å². The number of aryl methyl sites for hydroxylation is 2. The molecule has 0 aliphatic heterocycles. The smallest absolute Gasteiger partial charge is 0.272 e. The van der Waals surface area contributed by atoms with Crippen LogP contribution in [0.4, 0.5) is 11.4 Å². The van der Waals surface area contributed by atoms with Crippen molar-refractivity contribution >= 4 is 58.1 Å². The molecule has 3 aromatic heterocycles. The van der Waals surface area contributed by atoms with Gasteiger partial charge in [-0.05, 0) is 57.8 Å². The van der Waals surface area contributed by atoms with Gasteiger partial charge in [0.25, 0.3) is 17.7 Å². The molecule has 0 bridgehead atoms. The Balaban J connectivity index is 1.18. The van der Waals surface area contributed by atoms with E-state index in [2.05, 4.69) is 26.3 Å². The maximum atomic E-state index is 13.0. The average molecular weight is 580 g/mol. The first-order valence-electron chi connectivity index (χ1n) is 13.2. The summed E-state index contributed by atoms with van der Waals surface area (Å²) in [6.07, 6.45) is 7.37. The molecule has 2 aromatic carbocycles. The quantitative estimate of drug-likeness (QED) is 0.0949. The van der Waals surface area contributed by atoms with Crippen LogP contribution < -0.4 is 21.7 Å². The normalized spacial score (nSPS) is 11.1. The molecule has 0 saturated heterocycles. The largest absolute Gasteiger partial charge is 0.388 e. The number of aromatic nitrogens is 4. The van der Waals surface area contributed by atoms with E-state index in [0.717, 1.165) is 11.1 Å². The number of amidine groups is 1. The molecule has 5 aromatic rings. The third-order valence-electron chi connectivity index (χ3n) is 6.59. The minimum absolute atomic E-state index is 0.0167. The number of nitrogens with zero attached hydrogens (tertiary/aromatic N) is 4. The standard InChI is InChI=1S/C30H29N9O4/c1-38-17-22(14-25(38)29(41)33-12-11-27(31)32)35-30(42)26-15-21(16-39(26)2)34-28(40)20-8-5-18(6-9-20)3-4-19-7-10-23-24(13-19)37-43-36-23/h3-10,13-17H,11-12H2,1-2H3,(H3,31,32)(H,33,41)(H,34,40)(H,35,42)/b4-3+. The van der Waals surface area contributed by atoms with E-state index in [1.807, 2.05) is 42.5 Å². The van der Waals surface area contributed by atoms with Gasteiger partial charge in [0.2, 0.25) is 0 Å². The first-order chi connectivity index (χ1) is 20.7. The Morgan fingerprint density at radius 2 is 1.40 bits per heavy atom. The summed E-state index contributed by atoms with van der Waals surface area (Å²) < 4.78 is 7.92. The highest BCUT2D eigenvalue weighted by Gasteiger charge is 2.17. The van der Waals surface area contributed by atoms with Gasteiger partial charge in [-0.15, -0.1) is 0 Å². The molecule has 0 atom stereocenters. The number of carbonyl (C=O) groups excluding carboxylic acids is 3. The van der Waals surface area contributed by atoms with E-state index in [1.54, 1.807) is 59.9 Å². The molecule has 218 valence electrons. The minimum Gasteiger partial charge on any atom is -0.388 e. The number of fused-ring (bicyclic) bond motifs is 1. The van der Waals surface area contributed by atoms with Crippen molar-refractivity contribution in [3.63, 3.8) is 0 Å². The van der Waals surface area contributed by atoms with Gasteiger partial charge in [-0.3, -0.25) is 19.8 Å². The Kier molecular flexibility index (Phi) is 8.14. The van der Waals surface area contributed by atoms with Crippen molar-refractivity contribution in [2.45, 2.75) is 6.42 Å². The van der Waals surface area contributed by atoms with Crippen molar-refractivity contribution in [3.05, 3.63) is 95.1 Å². The second-order valence-electron chi connectivity index (χ2n) is 9.86. The fourth-order valence-corrected chi connectivity index (χ4v) is 4.36. The Bertz CT molecular complexity index is 1860. The molecule has 0 fully saturated rings. The van der Waals surface area contributed by atoms with Gasteiger partial charge in [0.15, 0.2) is 0 Å². The fourth-order valence-electron chi connectivity index (χ4n) is 4.36. The zero-order valence-corrected chi connectivity index (χ0v) is 23.4. The predicted molar refractivity (Wildman–Crippen MR) is 163 cm³/mol. The molecular formula is C30H29N9O4. The molecule has 3 amide bonds. The summed E-state index contributed by atoms with van der Waals surface area (Å²) in [5.74, 6) is -1.09. The van der Waals surface area contributed by atoms with Crippen LogP contribution >= 0.6 is 0 Å². The van der Waals surface area contributed by atoms with Crippen LogP contribution in [0.1, 0.15) is 48.9 Å². The molecule has 0 aliphatic rings. The van der Waals surface area contributed by atoms with E-state index in [4.69, 9.17) is 15.8 Å². The number of anilines is 2. The molecule has 5 rings (SSSR count). The lowest BCUT2D eigenvalue weighted by molar-refractivity contribution is 0.0945. The molecule has 0 radical (unpaired) electrons. The fraction of sp³-hybridized carbons (Fsp3) is 0.133. The predicted octanol–water partition coefficient (Wildman–Crippen LogP) is 3.63. The lowest BCUT2D eigenvalue weighted by Crippen LogP contribution is -2.28. The van der Waals surface area contributed by atoms with Gasteiger partial charge in [-0.2, -0.15) is 0 Å². The van der Waals surface area contributed by atoms with E-state index >= 15 is 0 Å². The lowest BCUT2D eigenvalue weighted by atomic mass is 10.1. The van der Waals surface area contributed by atoms with Gasteiger partial charge in [-0.25, -0.2) is 4.63 Å². The van der Waals surface area contributed by atoms with Crippen molar-refractivity contribution in [1.29, 1.82) is 5.41 Å². The minimum atomic E-state index is -0.410. The SMILES string of the molecule is Cn1cc(NC(=O)c2cc(NC(=O)c3ccc(/C=C/c4ccc5nonc5c4)cc3)cn2C)cc1C(=O)NCCC(=N)N. The van der Waals surface area contributed by atoms with Crippen LogP contribution in [-0.2, 0) is 14.1 Å². The highest BCUT2D eigenvalue weighted by atomic mass is 16.6. The van der Waals surface area contributed by atoms with Crippen LogP contribution in [0.25, 0.3) is 23.2 Å². The van der Waals surface area contributed by atoms with Gasteiger partial charge >= 0.3 is 0 Å². The van der Waals surface area contributed by atoms with E-state index in [9.17, 15) is 14.4 Å². The topological polar surface area (TPSA) is 186 Å². The first-order valence-corrected chi connectivity index (χ1v) is 13.2. The second-order valence-corrected chi connectivity index (χ2v) is 9.86. The highest BCUT2D eigenvalue weighted by Crippen LogP contribution is 2.19. The van der Waals surface area contributed by atoms with Crippen molar-refractivity contribution in [2.24, 2.45) is 19.8 Å². The number of hydrogen-bond acceptors (Lipinski definition) is 7. The number of carbonyl (C=O) groups is 3. The number of rotatable bonds is 10. The average Bonchev–Trinajstić information content (AvgIpc) is 3.69. The van der Waals surface area contributed by atoms with Gasteiger partial charge in [0, 0.05) is 45.0 Å². The number of nitrogens with one attached hydrogen (secondary N) is 4. The number of amides is 3. The zero-order valence-electron chi connectivity index (χ0n) is 23.4. The van der Waals surface area contributed by atoms with Crippen molar-refractivity contribution < 1.29 is 19.0 Å². The van der Waals surface area contributed by atoms with Crippen LogP contribution in [0.5, 0.6) is 0 Å². The zero-order chi connectivity index (χ0) is 30.5. The summed E-state index contributed by atoms with van der Waals surface area (Å²) >= 11 is 0. The van der Waals surface area contributed by atoms with Gasteiger partial charge in [0.05, 0.1) is 17.2 Å². The number of benzene rings is 2. The molecule has 3 heterocycles. The third-order valence-corrected chi connectivity index (χ3v) is 6.59. The van der Waals surface area contributed by atoms with E-state index in [-0.39, 0.29) is 30.6 Å². The van der Waals surface area contributed by atoms with Gasteiger partial charge in [0.1, 0.15) is 22.4 Å². The number of nitrogens with two attached hydrogens (primary N) is 1. The van der Waals surface area contributed by atoms with Crippen LogP contribution in [0.2, 0.25) is 0 Å². The maximum absolute atomic E-state index is 13.0. The highest BCUT2D eigenvalue weighted by molar-refractivity contribution is 6.07. The van der Waals surface area contributed by atoms with E-state index in [1.165, 1.54) is 0 Å². The van der Waals surface area contributed by atoms with Crippen LogP contribution in [0, 0.1) is 5.41 Å². The van der Waals surface area contributed by atoms with Crippen LogP contribution in [0.3, 0.4) is 0 Å². The summed E-state index contributed by atoms with van der Waals surface area (Å²) in [4.78, 5) is 38.3. The Morgan fingerprint density at radius 3 is 2.07 bits per heavy atom. The third kappa shape index (κ3) is 6.85. The number of hydrogen-bond donors (Lipinski definition) is 5. The monoisotopic (exact) mass is 579 g/mol. The van der Waals surface area contributed by atoms with E-state index < -0.39 is 5.91 Å². The van der Waals surface area contributed by atoms with Gasteiger partial charge < -0.3 is 30.8 Å². The van der Waals surface area contributed by atoms with Crippen molar-refractivity contribution in [2.75, 3.05) is 17.2 Å². The molecule has 13 nitrogen and oxygen atoms in total. The Morgan fingerprint density at radius 1 is 0.814 bits per heavy atom. The molecule has 43 heavy (non-hydrogen) atoms. The second kappa shape index (κ2) is 12.3. The van der Waals surface area contributed by atoms with Crippen molar-refractivity contribution in [1.82, 2.24) is 24.8 Å². The van der Waals surface area contributed by atoms with Gasteiger partial charge in [-0.1, -0.05) is 30.4 Å². The molecule has 13 heteroatoms. The summed E-state index contributed by atoms with van der Waals surface area (Å²) in [7, 11) is 3.38. The maximum Gasteiger partial charge on any atom is 0.272 e. The Hall–Kier alpha value is -5.98. The summed E-state index contributed by atoms with van der Waals surface area (Å²) in [5.41, 5.74) is 10.5. The summed E-state index contributed by atoms with van der Waals surface area (Å²) in [6, 6.07) is 15.9. The van der Waals surface area contributed by atoms with Crippen molar-refractivity contribution in [3.8, 4) is 0 Å². The van der Waals surface area contributed by atoms with Crippen LogP contribution in [-0.4, -0.2) is 49.5 Å². The lowest BCUT2D eigenvalue weighted by Gasteiger charge is -2.04. The molecule has 0 spiro atoms. The molecule has 0 aliphatic carbocycles. The molecule has 0 unspecified atom stereocenters. The molecule has 6 N–H and O–H groups in total. The summed E-state index contributed by atoms with van der Waals surface area (Å²) in [6.45, 7) is 0.237. The first kappa shape index (κ1) is 28.5. The van der Waals surface area contributed by atoms with E-state index in [0.29, 0.717) is 39.4 Å². The Labute approximate surface area is 245 Å². The molecule has 0 saturated carbocycles.